The first-order chi connectivity index (χ1) is 6.63. The number of non-ortho nitro benzene ring substituents is 1. The number of nitro groups is 1. The van der Waals surface area contributed by atoms with E-state index in [9.17, 15) is 10.1 Å². The second-order valence-corrected chi connectivity index (χ2v) is 3.48. The predicted molar refractivity (Wildman–Crippen MR) is 57.0 cm³/mol. The van der Waals surface area contributed by atoms with E-state index in [2.05, 4.69) is 15.9 Å². The second kappa shape index (κ2) is 4.95. The lowest BCUT2D eigenvalue weighted by molar-refractivity contribution is -0.384. The molecule has 0 aliphatic carbocycles. The summed E-state index contributed by atoms with van der Waals surface area (Å²) in [6.07, 6.45) is 0.0523. The number of hydrogen-bond donors (Lipinski definition) is 0. The van der Waals surface area contributed by atoms with Gasteiger partial charge in [0.25, 0.3) is 5.69 Å². The van der Waals surface area contributed by atoms with E-state index < -0.39 is 4.92 Å². The Morgan fingerprint density at radius 3 is 2.50 bits per heavy atom. The highest BCUT2D eigenvalue weighted by Crippen LogP contribution is 2.18. The zero-order valence-corrected chi connectivity index (χ0v) is 9.23. The van der Waals surface area contributed by atoms with Crippen molar-refractivity contribution in [1.29, 1.82) is 0 Å². The molecule has 0 saturated heterocycles. The van der Waals surface area contributed by atoms with E-state index in [1.54, 1.807) is 12.1 Å². The average molecular weight is 260 g/mol. The van der Waals surface area contributed by atoms with Gasteiger partial charge in [0.15, 0.2) is 0 Å². The van der Waals surface area contributed by atoms with Crippen molar-refractivity contribution in [3.63, 3.8) is 0 Å². The van der Waals surface area contributed by atoms with Crippen LogP contribution >= 0.6 is 15.9 Å². The van der Waals surface area contributed by atoms with E-state index >= 15 is 0 Å². The molecule has 0 aromatic heterocycles. The summed E-state index contributed by atoms with van der Waals surface area (Å²) in [5, 5.41) is 11.1. The standard InChI is InChI=1S/C9H10BrNO3/c1-7(6-10)14-9-4-2-8(3-5-9)11(12)13/h2-5,7H,6H2,1H3. The van der Waals surface area contributed by atoms with Gasteiger partial charge in [-0.05, 0) is 19.1 Å². The fourth-order valence-corrected chi connectivity index (χ4v) is 1.04. The average Bonchev–Trinajstić information content (AvgIpc) is 2.18. The molecule has 0 saturated carbocycles. The molecule has 1 aromatic rings. The molecule has 0 N–H and O–H groups in total. The molecule has 1 rings (SSSR count). The van der Waals surface area contributed by atoms with Gasteiger partial charge in [0, 0.05) is 17.5 Å². The first-order valence-electron chi connectivity index (χ1n) is 4.10. The van der Waals surface area contributed by atoms with Crippen LogP contribution in [0.15, 0.2) is 24.3 Å². The second-order valence-electron chi connectivity index (χ2n) is 2.83. The van der Waals surface area contributed by atoms with Crippen LogP contribution in [0.4, 0.5) is 5.69 Å². The smallest absolute Gasteiger partial charge is 0.269 e. The number of nitro benzene ring substituents is 1. The van der Waals surface area contributed by atoms with Crippen LogP contribution in [-0.2, 0) is 0 Å². The van der Waals surface area contributed by atoms with Crippen molar-refractivity contribution in [3.8, 4) is 5.75 Å². The van der Waals surface area contributed by atoms with Crippen LogP contribution in [-0.4, -0.2) is 16.4 Å². The van der Waals surface area contributed by atoms with Crippen LogP contribution in [0.5, 0.6) is 5.75 Å². The summed E-state index contributed by atoms with van der Waals surface area (Å²) >= 11 is 3.28. The molecule has 0 radical (unpaired) electrons. The molecule has 5 heteroatoms. The quantitative estimate of drug-likeness (QED) is 0.475. The highest BCUT2D eigenvalue weighted by molar-refractivity contribution is 9.09. The van der Waals surface area contributed by atoms with Crippen LogP contribution in [0.3, 0.4) is 0 Å². The van der Waals surface area contributed by atoms with Crippen molar-refractivity contribution in [2.75, 3.05) is 5.33 Å². The molecule has 4 nitrogen and oxygen atoms in total. The van der Waals surface area contributed by atoms with Crippen LogP contribution < -0.4 is 4.74 Å². The van der Waals surface area contributed by atoms with E-state index in [0.717, 1.165) is 5.33 Å². The molecule has 1 aromatic carbocycles. The largest absolute Gasteiger partial charge is 0.490 e. The molecule has 0 spiro atoms. The van der Waals surface area contributed by atoms with Gasteiger partial charge in [0.1, 0.15) is 11.9 Å². The molecular formula is C9H10BrNO3. The molecule has 0 aliphatic rings. The number of hydrogen-bond acceptors (Lipinski definition) is 3. The lowest BCUT2D eigenvalue weighted by atomic mass is 10.3. The Hall–Kier alpha value is -1.10. The molecule has 14 heavy (non-hydrogen) atoms. The lowest BCUT2D eigenvalue weighted by Crippen LogP contribution is -2.12. The zero-order valence-electron chi connectivity index (χ0n) is 7.64. The monoisotopic (exact) mass is 259 g/mol. The van der Waals surface area contributed by atoms with Gasteiger partial charge >= 0.3 is 0 Å². The topological polar surface area (TPSA) is 52.4 Å². The molecule has 1 atom stereocenters. The SMILES string of the molecule is CC(CBr)Oc1ccc([N+](=O)[O-])cc1. The molecule has 0 heterocycles. The maximum atomic E-state index is 10.3. The van der Waals surface area contributed by atoms with Gasteiger partial charge in [-0.25, -0.2) is 0 Å². The maximum Gasteiger partial charge on any atom is 0.269 e. The van der Waals surface area contributed by atoms with Gasteiger partial charge < -0.3 is 4.74 Å². The first kappa shape index (κ1) is 11.0. The van der Waals surface area contributed by atoms with Crippen LogP contribution in [0, 0.1) is 10.1 Å². The number of nitrogens with zero attached hydrogens (tertiary/aromatic N) is 1. The van der Waals surface area contributed by atoms with Crippen molar-refractivity contribution in [2.24, 2.45) is 0 Å². The van der Waals surface area contributed by atoms with E-state index in [1.807, 2.05) is 6.92 Å². The molecule has 0 fully saturated rings. The van der Waals surface area contributed by atoms with E-state index in [4.69, 9.17) is 4.74 Å². The lowest BCUT2D eigenvalue weighted by Gasteiger charge is -2.10. The van der Waals surface area contributed by atoms with Gasteiger partial charge in [-0.15, -0.1) is 0 Å². The van der Waals surface area contributed by atoms with E-state index in [-0.39, 0.29) is 11.8 Å². The van der Waals surface area contributed by atoms with Gasteiger partial charge in [-0.3, -0.25) is 10.1 Å². The van der Waals surface area contributed by atoms with E-state index in [1.165, 1.54) is 12.1 Å². The number of benzene rings is 1. The summed E-state index contributed by atoms with van der Waals surface area (Å²) in [5.74, 6) is 0.641. The number of alkyl halides is 1. The molecular weight excluding hydrogens is 250 g/mol. The third-order valence-electron chi connectivity index (χ3n) is 1.60. The fraction of sp³-hybridized carbons (Fsp3) is 0.333. The number of rotatable bonds is 4. The summed E-state index contributed by atoms with van der Waals surface area (Å²) in [5.41, 5.74) is 0.0730. The van der Waals surface area contributed by atoms with E-state index in [0.29, 0.717) is 5.75 Å². The van der Waals surface area contributed by atoms with Crippen molar-refractivity contribution in [1.82, 2.24) is 0 Å². The minimum Gasteiger partial charge on any atom is -0.490 e. The Morgan fingerprint density at radius 2 is 2.07 bits per heavy atom. The van der Waals surface area contributed by atoms with Gasteiger partial charge in [-0.2, -0.15) is 0 Å². The minimum atomic E-state index is -0.433. The molecule has 0 aliphatic heterocycles. The third kappa shape index (κ3) is 2.99. The minimum absolute atomic E-state index is 0.0523. The Kier molecular flexibility index (Phi) is 3.88. The normalized spacial score (nSPS) is 12.1. The highest BCUT2D eigenvalue weighted by Gasteiger charge is 2.06. The molecule has 0 bridgehead atoms. The summed E-state index contributed by atoms with van der Waals surface area (Å²) in [7, 11) is 0. The molecule has 76 valence electrons. The Morgan fingerprint density at radius 1 is 1.50 bits per heavy atom. The van der Waals surface area contributed by atoms with Crippen molar-refractivity contribution >= 4 is 21.6 Å². The summed E-state index contributed by atoms with van der Waals surface area (Å²) in [6, 6.07) is 6.04. The Labute approximate surface area is 90.2 Å². The molecule has 1 unspecified atom stereocenters. The maximum absolute atomic E-state index is 10.3. The van der Waals surface area contributed by atoms with Crippen molar-refractivity contribution in [3.05, 3.63) is 34.4 Å². The predicted octanol–water partition coefficient (Wildman–Crippen LogP) is 2.76. The fourth-order valence-electron chi connectivity index (χ4n) is 0.910. The summed E-state index contributed by atoms with van der Waals surface area (Å²) in [4.78, 5) is 9.91. The van der Waals surface area contributed by atoms with Gasteiger partial charge in [0.05, 0.1) is 4.92 Å². The van der Waals surface area contributed by atoms with Crippen LogP contribution in [0.2, 0.25) is 0 Å². The number of ether oxygens (including phenoxy) is 1. The van der Waals surface area contributed by atoms with Gasteiger partial charge in [0.2, 0.25) is 0 Å². The highest BCUT2D eigenvalue weighted by atomic mass is 79.9. The Bertz CT molecular complexity index is 312. The first-order valence-corrected chi connectivity index (χ1v) is 5.22. The van der Waals surface area contributed by atoms with Crippen LogP contribution in [0.25, 0.3) is 0 Å². The van der Waals surface area contributed by atoms with Crippen molar-refractivity contribution in [2.45, 2.75) is 13.0 Å². The Balaban J connectivity index is 2.68. The zero-order chi connectivity index (χ0) is 10.6. The summed E-state index contributed by atoms with van der Waals surface area (Å²) in [6.45, 7) is 1.91. The third-order valence-corrected chi connectivity index (χ3v) is 2.51. The van der Waals surface area contributed by atoms with Crippen molar-refractivity contribution < 1.29 is 9.66 Å². The molecule has 0 amide bonds. The van der Waals surface area contributed by atoms with Crippen LogP contribution in [0.1, 0.15) is 6.92 Å². The van der Waals surface area contributed by atoms with Gasteiger partial charge in [-0.1, -0.05) is 15.9 Å². The summed E-state index contributed by atoms with van der Waals surface area (Å²) < 4.78 is 5.43. The number of halogens is 1.